The highest BCUT2D eigenvalue weighted by molar-refractivity contribution is 6.00. The number of anilines is 2. The molecule has 122 valence electrons. The van der Waals surface area contributed by atoms with Crippen LogP contribution in [0.4, 0.5) is 16.2 Å². The van der Waals surface area contributed by atoms with Crippen molar-refractivity contribution in [3.8, 4) is 5.75 Å². The van der Waals surface area contributed by atoms with Crippen molar-refractivity contribution >= 4 is 17.4 Å². The molecule has 0 aliphatic carbocycles. The van der Waals surface area contributed by atoms with Gasteiger partial charge in [0.05, 0.1) is 17.6 Å². The van der Waals surface area contributed by atoms with Gasteiger partial charge in [0.25, 0.3) is 0 Å². The van der Waals surface area contributed by atoms with Gasteiger partial charge in [0.15, 0.2) is 0 Å². The average molecular weight is 322 g/mol. The van der Waals surface area contributed by atoms with Crippen LogP contribution in [0.1, 0.15) is 11.3 Å². The fourth-order valence-electron chi connectivity index (χ4n) is 2.20. The summed E-state index contributed by atoms with van der Waals surface area (Å²) in [6, 6.07) is 16.8. The number of nitrogens with one attached hydrogen (secondary N) is 3. The van der Waals surface area contributed by atoms with E-state index in [1.165, 1.54) is 0 Å². The van der Waals surface area contributed by atoms with E-state index in [2.05, 4.69) is 20.8 Å². The van der Waals surface area contributed by atoms with Crippen molar-refractivity contribution in [1.29, 1.82) is 0 Å². The van der Waals surface area contributed by atoms with Crippen LogP contribution in [-0.4, -0.2) is 16.2 Å². The Morgan fingerprint density at radius 3 is 2.50 bits per heavy atom. The molecular weight excluding hydrogens is 304 g/mol. The Labute approximate surface area is 139 Å². The first-order chi connectivity index (χ1) is 11.7. The van der Waals surface area contributed by atoms with E-state index in [1.807, 2.05) is 61.5 Å². The maximum Gasteiger partial charge on any atom is 0.323 e. The second-order valence-electron chi connectivity index (χ2n) is 5.25. The summed E-state index contributed by atoms with van der Waals surface area (Å²) in [6.07, 6.45) is 1.57. The third-order valence-corrected chi connectivity index (χ3v) is 3.48. The molecule has 2 amide bonds. The predicted octanol–water partition coefficient (Wildman–Crippen LogP) is 3.94. The van der Waals surface area contributed by atoms with E-state index in [1.54, 1.807) is 6.20 Å². The lowest BCUT2D eigenvalue weighted by Crippen LogP contribution is -2.20. The predicted molar refractivity (Wildman–Crippen MR) is 93.2 cm³/mol. The van der Waals surface area contributed by atoms with Crippen molar-refractivity contribution in [3.05, 3.63) is 72.1 Å². The van der Waals surface area contributed by atoms with Crippen LogP contribution in [0, 0.1) is 6.92 Å². The van der Waals surface area contributed by atoms with Crippen LogP contribution >= 0.6 is 0 Å². The van der Waals surface area contributed by atoms with Crippen molar-refractivity contribution in [2.75, 3.05) is 10.6 Å². The van der Waals surface area contributed by atoms with Gasteiger partial charge in [-0.2, -0.15) is 5.10 Å². The number of carbonyl (C=O) groups is 1. The molecule has 0 aliphatic rings. The molecule has 0 aliphatic heterocycles. The second-order valence-corrected chi connectivity index (χ2v) is 5.25. The number of urea groups is 1. The number of amides is 2. The van der Waals surface area contributed by atoms with Crippen LogP contribution in [0.3, 0.4) is 0 Å². The normalized spacial score (nSPS) is 10.2. The lowest BCUT2D eigenvalue weighted by molar-refractivity contribution is 0.262. The van der Waals surface area contributed by atoms with E-state index in [0.717, 1.165) is 17.0 Å². The number of ether oxygens (including phenoxy) is 1. The molecule has 6 nitrogen and oxygen atoms in total. The topological polar surface area (TPSA) is 79.0 Å². The number of benzene rings is 2. The minimum absolute atomic E-state index is 0.327. The van der Waals surface area contributed by atoms with Crippen LogP contribution in [0.25, 0.3) is 0 Å². The molecule has 3 N–H and O–H groups in total. The number of para-hydroxylation sites is 2. The highest BCUT2D eigenvalue weighted by Gasteiger charge is 2.09. The number of H-pyrrole nitrogens is 1. The fraction of sp³-hybridized carbons (Fsp3) is 0.111. The van der Waals surface area contributed by atoms with Crippen LogP contribution in [-0.2, 0) is 6.61 Å². The minimum atomic E-state index is -0.327. The smallest absolute Gasteiger partial charge is 0.323 e. The Hall–Kier alpha value is -3.28. The number of aromatic nitrogens is 2. The van der Waals surface area contributed by atoms with Gasteiger partial charge < -0.3 is 15.4 Å². The van der Waals surface area contributed by atoms with Crippen LogP contribution in [0.15, 0.2) is 60.8 Å². The summed E-state index contributed by atoms with van der Waals surface area (Å²) < 4.78 is 5.75. The van der Waals surface area contributed by atoms with Crippen molar-refractivity contribution in [1.82, 2.24) is 10.2 Å². The summed E-state index contributed by atoms with van der Waals surface area (Å²) in [5.74, 6) is 0.783. The van der Waals surface area contributed by atoms with Crippen molar-refractivity contribution in [2.45, 2.75) is 13.5 Å². The molecule has 24 heavy (non-hydrogen) atoms. The molecule has 0 radical (unpaired) electrons. The standard InChI is InChI=1S/C18H18N4O2/c1-13-17(11-19-22-13)21-18(23)20-16-10-6-5-7-14(16)12-24-15-8-3-2-4-9-15/h2-11H,12H2,1H3,(H,19,22)(H2,20,21,23). The molecule has 1 aromatic heterocycles. The first-order valence-corrected chi connectivity index (χ1v) is 7.56. The van der Waals surface area contributed by atoms with Gasteiger partial charge in [0.1, 0.15) is 12.4 Å². The molecule has 2 aromatic carbocycles. The number of hydrogen-bond donors (Lipinski definition) is 3. The van der Waals surface area contributed by atoms with Gasteiger partial charge >= 0.3 is 6.03 Å². The first kappa shape index (κ1) is 15.6. The molecule has 1 heterocycles. The Bertz CT molecular complexity index is 815. The molecule has 0 fully saturated rings. The number of carbonyl (C=O) groups excluding carboxylic acids is 1. The largest absolute Gasteiger partial charge is 0.489 e. The van der Waals surface area contributed by atoms with Gasteiger partial charge in [-0.25, -0.2) is 4.79 Å². The molecule has 0 bridgehead atoms. The molecule has 0 saturated carbocycles. The summed E-state index contributed by atoms with van der Waals surface area (Å²) in [7, 11) is 0. The van der Waals surface area contributed by atoms with E-state index in [4.69, 9.17) is 4.74 Å². The average Bonchev–Trinajstić information content (AvgIpc) is 3.00. The summed E-state index contributed by atoms with van der Waals surface area (Å²) in [5.41, 5.74) is 3.03. The fourth-order valence-corrected chi connectivity index (χ4v) is 2.20. The van der Waals surface area contributed by atoms with Crippen LogP contribution < -0.4 is 15.4 Å². The molecule has 0 saturated heterocycles. The van der Waals surface area contributed by atoms with Gasteiger partial charge in [-0.3, -0.25) is 5.10 Å². The summed E-state index contributed by atoms with van der Waals surface area (Å²) in [6.45, 7) is 2.20. The minimum Gasteiger partial charge on any atom is -0.489 e. The first-order valence-electron chi connectivity index (χ1n) is 7.56. The Morgan fingerprint density at radius 2 is 1.75 bits per heavy atom. The molecule has 0 unspecified atom stereocenters. The summed E-state index contributed by atoms with van der Waals surface area (Å²) >= 11 is 0. The van der Waals surface area contributed by atoms with Crippen molar-refractivity contribution in [3.63, 3.8) is 0 Å². The maximum absolute atomic E-state index is 12.2. The third kappa shape index (κ3) is 3.92. The zero-order valence-electron chi connectivity index (χ0n) is 13.2. The zero-order chi connectivity index (χ0) is 16.8. The van der Waals surface area contributed by atoms with Gasteiger partial charge in [-0.1, -0.05) is 36.4 Å². The van der Waals surface area contributed by atoms with Crippen molar-refractivity contribution in [2.24, 2.45) is 0 Å². The van der Waals surface area contributed by atoms with Gasteiger partial charge in [0, 0.05) is 11.3 Å². The number of aromatic amines is 1. The number of aryl methyl sites for hydroxylation is 1. The second kappa shape index (κ2) is 7.32. The molecule has 3 aromatic rings. The maximum atomic E-state index is 12.2. The van der Waals surface area contributed by atoms with Crippen LogP contribution in [0.2, 0.25) is 0 Å². The molecule has 6 heteroatoms. The monoisotopic (exact) mass is 322 g/mol. The van der Waals surface area contributed by atoms with Crippen molar-refractivity contribution < 1.29 is 9.53 Å². The lowest BCUT2D eigenvalue weighted by Gasteiger charge is -2.12. The molecular formula is C18H18N4O2. The highest BCUT2D eigenvalue weighted by atomic mass is 16.5. The third-order valence-electron chi connectivity index (χ3n) is 3.48. The van der Waals surface area contributed by atoms with Gasteiger partial charge in [0.2, 0.25) is 0 Å². The summed E-state index contributed by atoms with van der Waals surface area (Å²) in [4.78, 5) is 12.2. The van der Waals surface area contributed by atoms with E-state index in [0.29, 0.717) is 18.0 Å². The molecule has 0 atom stereocenters. The zero-order valence-corrected chi connectivity index (χ0v) is 13.2. The lowest BCUT2D eigenvalue weighted by atomic mass is 10.2. The number of nitrogens with zero attached hydrogens (tertiary/aromatic N) is 1. The van der Waals surface area contributed by atoms with Gasteiger partial charge in [-0.05, 0) is 25.1 Å². The summed E-state index contributed by atoms with van der Waals surface area (Å²) in [5, 5.41) is 12.2. The van der Waals surface area contributed by atoms with Gasteiger partial charge in [-0.15, -0.1) is 0 Å². The highest BCUT2D eigenvalue weighted by Crippen LogP contribution is 2.19. The Kier molecular flexibility index (Phi) is 4.76. The number of hydrogen-bond acceptors (Lipinski definition) is 3. The van der Waals surface area contributed by atoms with Crippen LogP contribution in [0.5, 0.6) is 5.75 Å². The van der Waals surface area contributed by atoms with E-state index in [9.17, 15) is 4.79 Å². The molecule has 3 rings (SSSR count). The Balaban J connectivity index is 1.65. The number of rotatable bonds is 5. The quantitative estimate of drug-likeness (QED) is 0.665. The van der Waals surface area contributed by atoms with E-state index >= 15 is 0 Å². The SMILES string of the molecule is Cc1[nH]ncc1NC(=O)Nc1ccccc1COc1ccccc1. The van der Waals surface area contributed by atoms with E-state index < -0.39 is 0 Å². The Morgan fingerprint density at radius 1 is 1.04 bits per heavy atom. The van der Waals surface area contributed by atoms with E-state index in [-0.39, 0.29) is 6.03 Å². The molecule has 0 spiro atoms.